The summed E-state index contributed by atoms with van der Waals surface area (Å²) in [7, 11) is 1.51. The lowest BCUT2D eigenvalue weighted by Crippen LogP contribution is -2.31. The fourth-order valence-electron chi connectivity index (χ4n) is 2.59. The molecule has 0 saturated heterocycles. The van der Waals surface area contributed by atoms with Gasteiger partial charge < -0.3 is 14.6 Å². The van der Waals surface area contributed by atoms with E-state index in [1.54, 1.807) is 37.3 Å². The molecule has 3 aromatic rings. The quantitative estimate of drug-likeness (QED) is 0.674. The van der Waals surface area contributed by atoms with Crippen LogP contribution in [0.4, 0.5) is 5.82 Å². The van der Waals surface area contributed by atoms with Crippen molar-refractivity contribution >= 4 is 28.5 Å². The van der Waals surface area contributed by atoms with Gasteiger partial charge in [0.25, 0.3) is 11.5 Å². The smallest absolute Gasteiger partial charge is 0.312 e. The zero-order chi connectivity index (χ0) is 19.6. The highest BCUT2D eigenvalue weighted by atomic mass is 16.5. The van der Waals surface area contributed by atoms with Crippen molar-refractivity contribution in [3.05, 3.63) is 52.1 Å². The number of amides is 1. The minimum absolute atomic E-state index is 0.171. The molecule has 0 spiro atoms. The molecule has 2 aromatic heterocycles. The zero-order valence-electron chi connectivity index (χ0n) is 15.1. The first kappa shape index (κ1) is 18.3. The summed E-state index contributed by atoms with van der Waals surface area (Å²) in [6, 6.07) is 8.44. The molecule has 3 rings (SSSR count). The van der Waals surface area contributed by atoms with Crippen LogP contribution in [0.2, 0.25) is 0 Å². The highest BCUT2D eigenvalue weighted by Crippen LogP contribution is 2.14. The topological polar surface area (TPSA) is 116 Å². The molecule has 1 aromatic carbocycles. The fraction of sp³-hybridized carbons (Fsp3) is 0.278. The number of nitrogens with one attached hydrogen (secondary N) is 1. The third-order valence-electron chi connectivity index (χ3n) is 3.90. The molecule has 0 aliphatic carbocycles. The summed E-state index contributed by atoms with van der Waals surface area (Å²) in [4.78, 5) is 36.5. The number of benzene rings is 1. The van der Waals surface area contributed by atoms with Gasteiger partial charge in [-0.3, -0.25) is 14.4 Å². The highest BCUT2D eigenvalue weighted by Gasteiger charge is 2.21. The number of carbonyl (C=O) groups excluding carboxylic acids is 2. The number of rotatable bonds is 5. The lowest BCUT2D eigenvalue weighted by atomic mass is 10.1. The minimum atomic E-state index is -1.03. The minimum Gasteiger partial charge on any atom is -0.452 e. The number of nitrogens with zero attached hydrogens (tertiary/aromatic N) is 3. The van der Waals surface area contributed by atoms with Crippen molar-refractivity contribution in [3.63, 3.8) is 0 Å². The molecule has 2 heterocycles. The van der Waals surface area contributed by atoms with Crippen LogP contribution in [0.15, 0.2) is 39.6 Å². The maximum absolute atomic E-state index is 12.3. The molecule has 27 heavy (non-hydrogen) atoms. The Balaban J connectivity index is 1.70. The van der Waals surface area contributed by atoms with Crippen LogP contribution in [0, 0.1) is 6.92 Å². The Morgan fingerprint density at radius 3 is 2.67 bits per heavy atom. The third-order valence-corrected chi connectivity index (χ3v) is 3.90. The first-order valence-electron chi connectivity index (χ1n) is 8.23. The molecule has 0 fully saturated rings. The SMILES string of the molecule is Cc1cc(NC(=O)[C@H](C)OC(=O)Cc2nn(C)c(=O)c3ccccc23)no1. The van der Waals surface area contributed by atoms with Crippen LogP contribution >= 0.6 is 0 Å². The van der Waals surface area contributed by atoms with Gasteiger partial charge in [-0.1, -0.05) is 23.4 Å². The van der Waals surface area contributed by atoms with Crippen molar-refractivity contribution in [2.75, 3.05) is 5.32 Å². The van der Waals surface area contributed by atoms with Crippen molar-refractivity contribution in [1.82, 2.24) is 14.9 Å². The van der Waals surface area contributed by atoms with Crippen molar-refractivity contribution in [1.29, 1.82) is 0 Å². The van der Waals surface area contributed by atoms with Gasteiger partial charge in [0.2, 0.25) is 0 Å². The Morgan fingerprint density at radius 1 is 1.30 bits per heavy atom. The number of aryl methyl sites for hydroxylation is 2. The molecular weight excluding hydrogens is 352 g/mol. The summed E-state index contributed by atoms with van der Waals surface area (Å²) < 4.78 is 11.2. The lowest BCUT2D eigenvalue weighted by Gasteiger charge is -2.13. The Hall–Kier alpha value is -3.49. The van der Waals surface area contributed by atoms with Gasteiger partial charge in [0.1, 0.15) is 5.76 Å². The predicted octanol–water partition coefficient (Wildman–Crippen LogP) is 1.34. The molecule has 0 aliphatic heterocycles. The Morgan fingerprint density at radius 2 is 2.00 bits per heavy atom. The number of anilines is 1. The second-order valence-corrected chi connectivity index (χ2v) is 6.04. The first-order chi connectivity index (χ1) is 12.8. The zero-order valence-corrected chi connectivity index (χ0v) is 15.1. The average Bonchev–Trinajstić information content (AvgIpc) is 3.04. The van der Waals surface area contributed by atoms with Gasteiger partial charge >= 0.3 is 5.97 Å². The molecule has 140 valence electrons. The number of carbonyl (C=O) groups is 2. The van der Waals surface area contributed by atoms with Gasteiger partial charge in [-0.15, -0.1) is 0 Å². The van der Waals surface area contributed by atoms with Crippen LogP contribution in [0.3, 0.4) is 0 Å². The summed E-state index contributed by atoms with van der Waals surface area (Å²) in [5.41, 5.74) is 0.149. The molecule has 9 heteroatoms. The van der Waals surface area contributed by atoms with E-state index in [1.807, 2.05) is 0 Å². The van der Waals surface area contributed by atoms with Gasteiger partial charge in [-0.05, 0) is 19.9 Å². The Kier molecular flexibility index (Phi) is 5.02. The molecule has 0 saturated carbocycles. The number of aromatic nitrogens is 3. The van der Waals surface area contributed by atoms with Gasteiger partial charge in [0.05, 0.1) is 17.5 Å². The van der Waals surface area contributed by atoms with E-state index in [1.165, 1.54) is 18.7 Å². The predicted molar refractivity (Wildman–Crippen MR) is 96.1 cm³/mol. The van der Waals surface area contributed by atoms with Gasteiger partial charge in [-0.2, -0.15) is 5.10 Å². The molecule has 1 atom stereocenters. The number of fused-ring (bicyclic) bond motifs is 1. The van der Waals surface area contributed by atoms with E-state index in [9.17, 15) is 14.4 Å². The second kappa shape index (κ2) is 7.40. The van der Waals surface area contributed by atoms with Gasteiger partial charge in [0.15, 0.2) is 11.9 Å². The maximum atomic E-state index is 12.3. The van der Waals surface area contributed by atoms with E-state index in [0.29, 0.717) is 22.2 Å². The summed E-state index contributed by atoms with van der Waals surface area (Å²) in [5, 5.41) is 11.3. The Labute approximate surface area is 153 Å². The normalized spacial score (nSPS) is 12.0. The second-order valence-electron chi connectivity index (χ2n) is 6.04. The summed E-state index contributed by atoms with van der Waals surface area (Å²) in [6.45, 7) is 3.14. The van der Waals surface area contributed by atoms with Crippen LogP contribution in [0.25, 0.3) is 10.8 Å². The van der Waals surface area contributed by atoms with E-state index in [0.717, 1.165) is 0 Å². The van der Waals surface area contributed by atoms with Crippen molar-refractivity contribution in [3.8, 4) is 0 Å². The molecule has 0 aliphatic rings. The lowest BCUT2D eigenvalue weighted by molar-refractivity contribution is -0.152. The van der Waals surface area contributed by atoms with Crippen molar-refractivity contribution in [2.45, 2.75) is 26.4 Å². The number of hydrogen-bond donors (Lipinski definition) is 1. The number of ether oxygens (including phenoxy) is 1. The van der Waals surface area contributed by atoms with Crippen LogP contribution in [-0.4, -0.2) is 32.9 Å². The molecule has 9 nitrogen and oxygen atoms in total. The van der Waals surface area contributed by atoms with Gasteiger partial charge in [0, 0.05) is 18.5 Å². The largest absolute Gasteiger partial charge is 0.452 e. The fourth-order valence-corrected chi connectivity index (χ4v) is 2.59. The summed E-state index contributed by atoms with van der Waals surface area (Å²) in [5.74, 6) is -0.381. The van der Waals surface area contributed by atoms with Crippen LogP contribution in [0.5, 0.6) is 0 Å². The van der Waals surface area contributed by atoms with E-state index in [-0.39, 0.29) is 17.8 Å². The monoisotopic (exact) mass is 370 g/mol. The summed E-state index contributed by atoms with van der Waals surface area (Å²) >= 11 is 0. The van der Waals surface area contributed by atoms with Crippen LogP contribution in [-0.2, 0) is 27.8 Å². The molecule has 0 bridgehead atoms. The average molecular weight is 370 g/mol. The maximum Gasteiger partial charge on any atom is 0.312 e. The van der Waals surface area contributed by atoms with E-state index in [2.05, 4.69) is 15.6 Å². The van der Waals surface area contributed by atoms with Crippen molar-refractivity contribution in [2.24, 2.45) is 7.05 Å². The van der Waals surface area contributed by atoms with Gasteiger partial charge in [-0.25, -0.2) is 4.68 Å². The van der Waals surface area contributed by atoms with Crippen molar-refractivity contribution < 1.29 is 18.8 Å². The van der Waals surface area contributed by atoms with E-state index < -0.39 is 18.0 Å². The van der Waals surface area contributed by atoms with E-state index in [4.69, 9.17) is 9.26 Å². The van der Waals surface area contributed by atoms with Crippen LogP contribution in [0.1, 0.15) is 18.4 Å². The molecule has 1 amide bonds. The standard InChI is InChI=1S/C18H18N4O5/c1-10-8-15(21-27-10)19-17(24)11(2)26-16(23)9-14-12-6-4-5-7-13(12)18(25)22(3)20-14/h4-8,11H,9H2,1-3H3,(H,19,21,24)/t11-/m0/s1. The number of esters is 1. The van der Waals surface area contributed by atoms with E-state index >= 15 is 0 Å². The van der Waals surface area contributed by atoms with Crippen LogP contribution < -0.4 is 10.9 Å². The molecule has 1 N–H and O–H groups in total. The number of hydrogen-bond acceptors (Lipinski definition) is 7. The molecule has 0 radical (unpaired) electrons. The highest BCUT2D eigenvalue weighted by molar-refractivity contribution is 5.94. The molecule has 0 unspecified atom stereocenters. The summed E-state index contributed by atoms with van der Waals surface area (Å²) in [6.07, 6.45) is -1.21. The first-order valence-corrected chi connectivity index (χ1v) is 8.23. The third kappa shape index (κ3) is 4.02. The Bertz CT molecular complexity index is 1070. The molecular formula is C18H18N4O5.